The van der Waals surface area contributed by atoms with Crippen LogP contribution in [0.1, 0.15) is 44.8 Å². The first-order chi connectivity index (χ1) is 14.2. The molecule has 8 nitrogen and oxygen atoms in total. The number of nitrogens with one attached hydrogen (secondary N) is 1. The zero-order valence-corrected chi connectivity index (χ0v) is 18.6. The molecule has 1 amide bonds. The van der Waals surface area contributed by atoms with E-state index in [-0.39, 0.29) is 18.2 Å². The van der Waals surface area contributed by atoms with Gasteiger partial charge in [0.05, 0.1) is 17.9 Å². The largest absolute Gasteiger partial charge is 0.493 e. The molecule has 158 valence electrons. The Morgan fingerprint density at radius 3 is 2.63 bits per heavy atom. The number of rotatable bonds is 8. The van der Waals surface area contributed by atoms with Gasteiger partial charge < -0.3 is 4.74 Å². The van der Waals surface area contributed by atoms with E-state index in [0.29, 0.717) is 35.1 Å². The normalized spacial score (nSPS) is 10.8. The lowest BCUT2D eigenvalue weighted by Gasteiger charge is -2.08. The Balaban J connectivity index is 1.54. The smallest absolute Gasteiger partial charge is 0.247 e. The molecule has 1 aromatic carbocycles. The number of ketones is 1. The average molecular weight is 428 g/mol. The van der Waals surface area contributed by atoms with Gasteiger partial charge in [-0.15, -0.1) is 10.2 Å². The lowest BCUT2D eigenvalue weighted by atomic mass is 10.1. The van der Waals surface area contributed by atoms with Crippen LogP contribution in [0.4, 0.5) is 5.13 Å². The number of benzene rings is 1. The molecule has 0 spiro atoms. The number of carbonyl (C=O) groups excluding carboxylic acids is 2. The first-order valence-corrected chi connectivity index (χ1v) is 10.4. The van der Waals surface area contributed by atoms with Crippen molar-refractivity contribution in [2.24, 2.45) is 0 Å². The van der Waals surface area contributed by atoms with Crippen molar-refractivity contribution >= 4 is 28.2 Å². The van der Waals surface area contributed by atoms with Gasteiger partial charge in [-0.1, -0.05) is 23.5 Å². The van der Waals surface area contributed by atoms with E-state index >= 15 is 0 Å². The van der Waals surface area contributed by atoms with E-state index in [1.54, 1.807) is 13.8 Å². The van der Waals surface area contributed by atoms with E-state index in [4.69, 9.17) is 4.74 Å². The number of nitrogens with zero attached hydrogens (tertiary/aromatic N) is 4. The molecular weight excluding hydrogens is 402 g/mol. The van der Waals surface area contributed by atoms with Crippen LogP contribution >= 0.6 is 11.3 Å². The standard InChI is InChI=1S/C21H25N5O3S/c1-12-6-7-13(2)17(10-12)29-9-8-19-23-24-21(30-19)22-18(28)11-26-15(4)20(16(5)27)14(3)25-26/h6-7,10H,8-9,11H2,1-5H3,(H,22,24,28). The molecule has 0 saturated carbocycles. The van der Waals surface area contributed by atoms with Crippen molar-refractivity contribution in [2.75, 3.05) is 11.9 Å². The zero-order valence-electron chi connectivity index (χ0n) is 17.8. The molecule has 0 saturated heterocycles. The number of anilines is 1. The van der Waals surface area contributed by atoms with Crippen LogP contribution in [0.15, 0.2) is 18.2 Å². The van der Waals surface area contributed by atoms with Crippen LogP contribution in [0, 0.1) is 27.7 Å². The Labute approximate surface area is 179 Å². The Kier molecular flexibility index (Phi) is 6.61. The maximum Gasteiger partial charge on any atom is 0.247 e. The Bertz CT molecular complexity index is 1090. The van der Waals surface area contributed by atoms with E-state index in [1.165, 1.54) is 22.9 Å². The fraction of sp³-hybridized carbons (Fsp3) is 0.381. The minimum absolute atomic E-state index is 0.00458. The molecule has 0 radical (unpaired) electrons. The van der Waals surface area contributed by atoms with E-state index in [2.05, 4.69) is 26.7 Å². The predicted molar refractivity (Wildman–Crippen MR) is 115 cm³/mol. The molecule has 2 aromatic heterocycles. The summed E-state index contributed by atoms with van der Waals surface area (Å²) in [4.78, 5) is 24.1. The Hall–Kier alpha value is -3.07. The highest BCUT2D eigenvalue weighted by molar-refractivity contribution is 7.15. The maximum absolute atomic E-state index is 12.4. The number of hydrogen-bond donors (Lipinski definition) is 1. The van der Waals surface area contributed by atoms with Crippen LogP contribution in [0.25, 0.3) is 0 Å². The molecule has 0 unspecified atom stereocenters. The Morgan fingerprint density at radius 1 is 1.17 bits per heavy atom. The summed E-state index contributed by atoms with van der Waals surface area (Å²) >= 11 is 1.31. The van der Waals surface area contributed by atoms with Crippen LogP contribution in [0.2, 0.25) is 0 Å². The molecule has 0 aliphatic carbocycles. The van der Waals surface area contributed by atoms with Crippen LogP contribution < -0.4 is 10.1 Å². The minimum Gasteiger partial charge on any atom is -0.493 e. The van der Waals surface area contributed by atoms with Crippen LogP contribution in [-0.4, -0.2) is 38.3 Å². The van der Waals surface area contributed by atoms with Crippen molar-refractivity contribution in [3.05, 3.63) is 51.3 Å². The molecule has 1 N–H and O–H groups in total. The van der Waals surface area contributed by atoms with Gasteiger partial charge >= 0.3 is 0 Å². The first kappa shape index (κ1) is 21.6. The quantitative estimate of drug-likeness (QED) is 0.553. The summed E-state index contributed by atoms with van der Waals surface area (Å²) in [5.41, 5.74) is 4.09. The molecule has 0 aliphatic rings. The summed E-state index contributed by atoms with van der Waals surface area (Å²) < 4.78 is 7.38. The van der Waals surface area contributed by atoms with Gasteiger partial charge in [0.1, 0.15) is 17.3 Å². The second-order valence-corrected chi connectivity index (χ2v) is 8.24. The molecule has 0 fully saturated rings. The van der Waals surface area contributed by atoms with Crippen molar-refractivity contribution in [2.45, 2.75) is 47.6 Å². The topological polar surface area (TPSA) is 99.0 Å². The second kappa shape index (κ2) is 9.17. The summed E-state index contributed by atoms with van der Waals surface area (Å²) in [6.07, 6.45) is 0.598. The van der Waals surface area contributed by atoms with Gasteiger partial charge in [0, 0.05) is 12.1 Å². The average Bonchev–Trinajstić information content (AvgIpc) is 3.21. The summed E-state index contributed by atoms with van der Waals surface area (Å²) in [6.45, 7) is 9.55. The van der Waals surface area contributed by atoms with Crippen LogP contribution in [0.5, 0.6) is 5.75 Å². The molecule has 30 heavy (non-hydrogen) atoms. The second-order valence-electron chi connectivity index (χ2n) is 7.18. The summed E-state index contributed by atoms with van der Waals surface area (Å²) in [7, 11) is 0. The number of amides is 1. The third-order valence-corrected chi connectivity index (χ3v) is 5.56. The third-order valence-electron chi connectivity index (χ3n) is 4.66. The maximum atomic E-state index is 12.4. The van der Waals surface area contributed by atoms with Crippen molar-refractivity contribution in [1.29, 1.82) is 0 Å². The molecule has 9 heteroatoms. The highest BCUT2D eigenvalue weighted by Crippen LogP contribution is 2.21. The summed E-state index contributed by atoms with van der Waals surface area (Å²) in [5, 5.41) is 16.4. The van der Waals surface area contributed by atoms with E-state index in [0.717, 1.165) is 21.9 Å². The molecule has 0 aliphatic heterocycles. The molecule has 3 aromatic rings. The van der Waals surface area contributed by atoms with Crippen LogP contribution in [0.3, 0.4) is 0 Å². The van der Waals surface area contributed by atoms with Gasteiger partial charge in [0.25, 0.3) is 0 Å². The Morgan fingerprint density at radius 2 is 1.93 bits per heavy atom. The molecule has 0 atom stereocenters. The van der Waals surface area contributed by atoms with Crippen molar-refractivity contribution in [3.63, 3.8) is 0 Å². The zero-order chi connectivity index (χ0) is 21.8. The van der Waals surface area contributed by atoms with E-state index < -0.39 is 0 Å². The first-order valence-electron chi connectivity index (χ1n) is 9.62. The van der Waals surface area contributed by atoms with Gasteiger partial charge in [-0.2, -0.15) is 5.10 Å². The molecule has 2 heterocycles. The van der Waals surface area contributed by atoms with Gasteiger partial charge in [-0.05, 0) is 51.8 Å². The van der Waals surface area contributed by atoms with Crippen molar-refractivity contribution in [3.8, 4) is 5.75 Å². The highest BCUT2D eigenvalue weighted by Gasteiger charge is 2.17. The minimum atomic E-state index is -0.273. The number of Topliss-reactive ketones (excluding diaryl/α,β-unsaturated/α-hetero) is 1. The molecule has 3 rings (SSSR count). The third kappa shape index (κ3) is 5.10. The van der Waals surface area contributed by atoms with Gasteiger partial charge in [-0.3, -0.25) is 19.6 Å². The lowest BCUT2D eigenvalue weighted by Crippen LogP contribution is -2.20. The number of aromatic nitrogens is 4. The monoisotopic (exact) mass is 427 g/mol. The number of hydrogen-bond acceptors (Lipinski definition) is 7. The van der Waals surface area contributed by atoms with Gasteiger partial charge in [-0.25, -0.2) is 0 Å². The number of ether oxygens (including phenoxy) is 1. The predicted octanol–water partition coefficient (Wildman–Crippen LogP) is 3.43. The highest BCUT2D eigenvalue weighted by atomic mass is 32.1. The summed E-state index contributed by atoms with van der Waals surface area (Å²) in [5.74, 6) is 0.529. The fourth-order valence-corrected chi connectivity index (χ4v) is 3.91. The van der Waals surface area contributed by atoms with E-state index in [1.807, 2.05) is 26.0 Å². The fourth-order valence-electron chi connectivity index (χ4n) is 3.17. The van der Waals surface area contributed by atoms with E-state index in [9.17, 15) is 9.59 Å². The van der Waals surface area contributed by atoms with Crippen molar-refractivity contribution < 1.29 is 14.3 Å². The number of carbonyl (C=O) groups is 2. The van der Waals surface area contributed by atoms with Gasteiger partial charge in [0.15, 0.2) is 5.78 Å². The molecular formula is C21H25N5O3S. The van der Waals surface area contributed by atoms with Gasteiger partial charge in [0.2, 0.25) is 11.0 Å². The number of aryl methyl sites for hydroxylation is 3. The van der Waals surface area contributed by atoms with Crippen molar-refractivity contribution in [1.82, 2.24) is 20.0 Å². The lowest BCUT2D eigenvalue weighted by molar-refractivity contribution is -0.116. The SMILES string of the molecule is CC(=O)c1c(C)nn(CC(=O)Nc2nnc(CCOc3cc(C)ccc3C)s2)c1C. The van der Waals surface area contributed by atoms with Crippen LogP contribution in [-0.2, 0) is 17.8 Å². The molecule has 0 bridgehead atoms. The summed E-state index contributed by atoms with van der Waals surface area (Å²) in [6, 6.07) is 6.10.